The van der Waals surface area contributed by atoms with E-state index in [9.17, 15) is 14.3 Å². The lowest BCUT2D eigenvalue weighted by Gasteiger charge is -2.47. The fraction of sp³-hybridized carbons (Fsp3) is 0.435. The van der Waals surface area contributed by atoms with E-state index >= 15 is 0 Å². The second-order valence-electron chi connectivity index (χ2n) is 8.35. The zero-order valence-corrected chi connectivity index (χ0v) is 17.6. The van der Waals surface area contributed by atoms with Crippen LogP contribution in [0.5, 0.6) is 0 Å². The largest absolute Gasteiger partial charge is 0.389 e. The van der Waals surface area contributed by atoms with Crippen molar-refractivity contribution in [3.05, 3.63) is 60.4 Å². The van der Waals surface area contributed by atoms with Gasteiger partial charge in [0.05, 0.1) is 24.8 Å². The summed E-state index contributed by atoms with van der Waals surface area (Å²) < 4.78 is 24.9. The highest BCUT2D eigenvalue weighted by Crippen LogP contribution is 2.32. The van der Waals surface area contributed by atoms with E-state index in [0.717, 1.165) is 26.2 Å². The Morgan fingerprint density at radius 3 is 2.47 bits per heavy atom. The van der Waals surface area contributed by atoms with Gasteiger partial charge in [0.25, 0.3) is 0 Å². The summed E-state index contributed by atoms with van der Waals surface area (Å²) in [5.74, 6) is -0.378. The van der Waals surface area contributed by atoms with Crippen molar-refractivity contribution < 1.29 is 23.8 Å². The molecule has 3 aliphatic rings. The normalized spacial score (nSPS) is 30.2. The third-order valence-corrected chi connectivity index (χ3v) is 6.39. The van der Waals surface area contributed by atoms with Crippen molar-refractivity contribution in [2.24, 2.45) is 0 Å². The number of piperazine rings is 1. The molecule has 2 aromatic carbocycles. The van der Waals surface area contributed by atoms with Gasteiger partial charge in [0.2, 0.25) is 0 Å². The van der Waals surface area contributed by atoms with Crippen LogP contribution in [0.25, 0.3) is 0 Å². The van der Waals surface area contributed by atoms with E-state index in [1.807, 2.05) is 18.2 Å². The van der Waals surface area contributed by atoms with Gasteiger partial charge in [-0.2, -0.15) is 0 Å². The summed E-state index contributed by atoms with van der Waals surface area (Å²) in [6.07, 6.45) is -1.78. The number of aliphatic hydroxyl groups is 1. The number of nitrogens with zero attached hydrogens (tertiary/aromatic N) is 2. The van der Waals surface area contributed by atoms with Crippen LogP contribution in [0.3, 0.4) is 0 Å². The minimum atomic E-state index is -0.844. The van der Waals surface area contributed by atoms with Gasteiger partial charge in [-0.3, -0.25) is 4.90 Å². The molecule has 3 saturated heterocycles. The molecule has 0 aromatic heterocycles. The number of amides is 2. The number of carbonyl (C=O) groups is 1. The Kier molecular flexibility index (Phi) is 5.97. The van der Waals surface area contributed by atoms with Crippen molar-refractivity contribution in [3.63, 3.8) is 0 Å². The number of aliphatic hydroxyl groups excluding tert-OH is 1. The molecular formula is C23H27FN4O4. The van der Waals surface area contributed by atoms with Crippen molar-refractivity contribution in [2.45, 2.75) is 30.6 Å². The van der Waals surface area contributed by atoms with Crippen molar-refractivity contribution in [2.75, 3.05) is 43.0 Å². The first-order valence-corrected chi connectivity index (χ1v) is 10.9. The number of carbonyl (C=O) groups excluding carboxylic acids is 1. The van der Waals surface area contributed by atoms with Crippen molar-refractivity contribution in [1.82, 2.24) is 10.2 Å². The Hall–Kier alpha value is -2.72. The summed E-state index contributed by atoms with van der Waals surface area (Å²) in [4.78, 5) is 17.0. The summed E-state index contributed by atoms with van der Waals surface area (Å²) in [5.41, 5.74) is 1.64. The van der Waals surface area contributed by atoms with Crippen LogP contribution in [0.4, 0.5) is 20.6 Å². The number of nitrogens with one attached hydrogen (secondary N) is 2. The van der Waals surface area contributed by atoms with Crippen LogP contribution >= 0.6 is 0 Å². The Morgan fingerprint density at radius 1 is 1.03 bits per heavy atom. The van der Waals surface area contributed by atoms with Gasteiger partial charge in [-0.1, -0.05) is 18.2 Å². The molecule has 170 valence electrons. The molecule has 3 heterocycles. The van der Waals surface area contributed by atoms with Gasteiger partial charge in [0, 0.05) is 37.6 Å². The zero-order chi connectivity index (χ0) is 22.1. The molecule has 2 bridgehead atoms. The molecule has 5 atom stereocenters. The summed E-state index contributed by atoms with van der Waals surface area (Å²) in [6, 6.07) is 14.3. The van der Waals surface area contributed by atoms with Crippen LogP contribution in [-0.2, 0) is 9.47 Å². The second kappa shape index (κ2) is 9.03. The van der Waals surface area contributed by atoms with E-state index in [1.165, 1.54) is 30.0 Å². The summed E-state index contributed by atoms with van der Waals surface area (Å²) in [5, 5.41) is 16.7. The van der Waals surface area contributed by atoms with Crippen LogP contribution in [0.2, 0.25) is 0 Å². The Bertz CT molecular complexity index is 923. The SMILES string of the molecule is O=C(Nc1ccc(F)cc1)N[C@H]1[C@H](O)[C@@H](N2CCN(c3ccccc3)CC2)[C@@H]2OC[C@H]1O2. The number of benzene rings is 2. The zero-order valence-electron chi connectivity index (χ0n) is 17.6. The van der Waals surface area contributed by atoms with Gasteiger partial charge in [-0.15, -0.1) is 0 Å². The van der Waals surface area contributed by atoms with Gasteiger partial charge >= 0.3 is 6.03 Å². The Labute approximate surface area is 185 Å². The number of hydrogen-bond acceptors (Lipinski definition) is 6. The molecule has 2 amide bonds. The first-order valence-electron chi connectivity index (χ1n) is 10.9. The van der Waals surface area contributed by atoms with E-state index in [2.05, 4.69) is 32.6 Å². The number of ether oxygens (including phenoxy) is 2. The molecule has 5 rings (SSSR count). The maximum absolute atomic E-state index is 13.1. The van der Waals surface area contributed by atoms with Gasteiger partial charge in [-0.25, -0.2) is 9.18 Å². The molecule has 0 saturated carbocycles. The van der Waals surface area contributed by atoms with Crippen molar-refractivity contribution in [1.29, 1.82) is 0 Å². The fourth-order valence-electron chi connectivity index (χ4n) is 4.74. The van der Waals surface area contributed by atoms with E-state index in [4.69, 9.17) is 9.47 Å². The van der Waals surface area contributed by atoms with Gasteiger partial charge in [-0.05, 0) is 36.4 Å². The smallest absolute Gasteiger partial charge is 0.319 e. The van der Waals surface area contributed by atoms with Crippen LogP contribution < -0.4 is 15.5 Å². The lowest BCUT2D eigenvalue weighted by Crippen LogP contribution is -2.67. The topological polar surface area (TPSA) is 86.3 Å². The summed E-state index contributed by atoms with van der Waals surface area (Å²) >= 11 is 0. The van der Waals surface area contributed by atoms with Crippen LogP contribution in [-0.4, -0.2) is 79.4 Å². The van der Waals surface area contributed by atoms with Crippen LogP contribution in [0.1, 0.15) is 0 Å². The average Bonchev–Trinajstić information content (AvgIpc) is 3.25. The van der Waals surface area contributed by atoms with Gasteiger partial charge in [0.15, 0.2) is 6.29 Å². The highest BCUT2D eigenvalue weighted by molar-refractivity contribution is 5.89. The van der Waals surface area contributed by atoms with Gasteiger partial charge < -0.3 is 30.1 Å². The molecule has 0 aliphatic carbocycles. The highest BCUT2D eigenvalue weighted by Gasteiger charge is 2.52. The second-order valence-corrected chi connectivity index (χ2v) is 8.35. The number of para-hydroxylation sites is 1. The van der Waals surface area contributed by atoms with Gasteiger partial charge in [0.1, 0.15) is 11.9 Å². The molecular weight excluding hydrogens is 415 g/mol. The van der Waals surface area contributed by atoms with E-state index < -0.39 is 30.6 Å². The fourth-order valence-corrected chi connectivity index (χ4v) is 4.74. The Balaban J connectivity index is 1.22. The van der Waals surface area contributed by atoms with Crippen LogP contribution in [0.15, 0.2) is 54.6 Å². The van der Waals surface area contributed by atoms with Crippen molar-refractivity contribution in [3.8, 4) is 0 Å². The molecule has 2 aromatic rings. The van der Waals surface area contributed by atoms with E-state index in [0.29, 0.717) is 12.3 Å². The third-order valence-electron chi connectivity index (χ3n) is 6.39. The monoisotopic (exact) mass is 442 g/mol. The maximum atomic E-state index is 13.1. The summed E-state index contributed by atoms with van der Waals surface area (Å²) in [7, 11) is 0. The molecule has 3 aliphatic heterocycles. The standard InChI is InChI=1S/C23H27FN4O4/c24-15-6-8-16(9-7-15)25-23(30)26-19-18-14-31-22(32-18)20(21(19)29)28-12-10-27(11-13-28)17-4-2-1-3-5-17/h1-9,18-22,29H,10-14H2,(H2,25,26,30)/t18-,19-,20-,21+,22-/m1/s1. The molecule has 3 N–H and O–H groups in total. The molecule has 32 heavy (non-hydrogen) atoms. The third kappa shape index (κ3) is 4.29. The Morgan fingerprint density at radius 2 is 1.75 bits per heavy atom. The quantitative estimate of drug-likeness (QED) is 0.667. The number of urea groups is 1. The van der Waals surface area contributed by atoms with E-state index in [1.54, 1.807) is 0 Å². The summed E-state index contributed by atoms with van der Waals surface area (Å²) in [6.45, 7) is 3.46. The minimum Gasteiger partial charge on any atom is -0.389 e. The van der Waals surface area contributed by atoms with Crippen LogP contribution in [0, 0.1) is 5.82 Å². The molecule has 0 unspecified atom stereocenters. The predicted molar refractivity (Wildman–Crippen MR) is 117 cm³/mol. The molecule has 9 heteroatoms. The molecule has 3 fully saturated rings. The number of hydrogen-bond donors (Lipinski definition) is 3. The molecule has 8 nitrogen and oxygen atoms in total. The minimum absolute atomic E-state index is 0.309. The first-order chi connectivity index (χ1) is 15.6. The molecule has 0 radical (unpaired) electrons. The molecule has 0 spiro atoms. The maximum Gasteiger partial charge on any atom is 0.319 e. The first kappa shape index (κ1) is 21.1. The average molecular weight is 442 g/mol. The highest BCUT2D eigenvalue weighted by atomic mass is 19.1. The lowest BCUT2D eigenvalue weighted by atomic mass is 9.94. The number of rotatable bonds is 4. The number of halogens is 1. The van der Waals surface area contributed by atoms with E-state index in [-0.39, 0.29) is 11.9 Å². The number of fused-ring (bicyclic) bond motifs is 2. The predicted octanol–water partition coefficient (Wildman–Crippen LogP) is 1.62. The lowest BCUT2D eigenvalue weighted by molar-refractivity contribution is -0.181. The number of anilines is 2. The van der Waals surface area contributed by atoms with Crippen molar-refractivity contribution >= 4 is 17.4 Å².